The molecule has 1 rings (SSSR count). The molecular formula is C8H18N2O. The topological polar surface area (TPSA) is 35.5 Å². The summed E-state index contributed by atoms with van der Waals surface area (Å²) in [5, 5.41) is 12.1. The van der Waals surface area contributed by atoms with E-state index >= 15 is 0 Å². The third kappa shape index (κ3) is 2.43. The third-order valence-electron chi connectivity index (χ3n) is 2.36. The summed E-state index contributed by atoms with van der Waals surface area (Å²) >= 11 is 0. The van der Waals surface area contributed by atoms with E-state index in [4.69, 9.17) is 5.11 Å². The van der Waals surface area contributed by atoms with Gasteiger partial charge in [-0.25, -0.2) is 0 Å². The molecule has 3 nitrogen and oxygen atoms in total. The molecule has 1 heterocycles. The smallest absolute Gasteiger partial charge is 0.0586 e. The quantitative estimate of drug-likeness (QED) is 0.587. The van der Waals surface area contributed by atoms with Gasteiger partial charge in [-0.15, -0.1) is 0 Å². The highest BCUT2D eigenvalue weighted by Crippen LogP contribution is 2.15. The lowest BCUT2D eigenvalue weighted by Gasteiger charge is -2.21. The number of aliphatic hydroxyl groups excluding tert-OH is 1. The Morgan fingerprint density at radius 2 is 2.45 bits per heavy atom. The highest BCUT2D eigenvalue weighted by Gasteiger charge is 2.22. The van der Waals surface area contributed by atoms with Crippen LogP contribution in [-0.2, 0) is 0 Å². The van der Waals surface area contributed by atoms with Crippen molar-refractivity contribution >= 4 is 0 Å². The van der Waals surface area contributed by atoms with Crippen LogP contribution in [0.3, 0.4) is 0 Å². The fourth-order valence-corrected chi connectivity index (χ4v) is 1.65. The lowest BCUT2D eigenvalue weighted by atomic mass is 10.2. The summed E-state index contributed by atoms with van der Waals surface area (Å²) < 4.78 is 0. The fourth-order valence-electron chi connectivity index (χ4n) is 1.65. The molecule has 0 amide bonds. The van der Waals surface area contributed by atoms with Crippen molar-refractivity contribution in [2.24, 2.45) is 0 Å². The third-order valence-corrected chi connectivity index (χ3v) is 2.36. The average molecular weight is 158 g/mol. The van der Waals surface area contributed by atoms with Gasteiger partial charge in [-0.3, -0.25) is 4.90 Å². The first-order valence-electron chi connectivity index (χ1n) is 4.38. The molecule has 0 radical (unpaired) electrons. The highest BCUT2D eigenvalue weighted by atomic mass is 16.3. The van der Waals surface area contributed by atoms with Gasteiger partial charge in [0.2, 0.25) is 0 Å². The Morgan fingerprint density at radius 1 is 1.64 bits per heavy atom. The van der Waals surface area contributed by atoms with Crippen LogP contribution in [0.4, 0.5) is 0 Å². The van der Waals surface area contributed by atoms with Crippen molar-refractivity contribution in [1.82, 2.24) is 10.2 Å². The standard InChI is InChI=1S/C8H18N2O/c1-9-4-6-10-5-2-3-8(10)7-11/h8-9,11H,2-7H2,1H3/t8-/m1/s1. The Kier molecular flexibility index (Phi) is 3.83. The minimum absolute atomic E-state index is 0.323. The fraction of sp³-hybridized carbons (Fsp3) is 1.00. The van der Waals surface area contributed by atoms with Gasteiger partial charge in [0.05, 0.1) is 6.61 Å². The number of nitrogens with one attached hydrogen (secondary N) is 1. The molecule has 1 aliphatic rings. The van der Waals surface area contributed by atoms with E-state index < -0.39 is 0 Å². The molecule has 0 saturated carbocycles. The summed E-state index contributed by atoms with van der Waals surface area (Å²) in [6.45, 7) is 3.58. The minimum atomic E-state index is 0.323. The van der Waals surface area contributed by atoms with Crippen molar-refractivity contribution in [2.45, 2.75) is 18.9 Å². The lowest BCUT2D eigenvalue weighted by molar-refractivity contribution is 0.160. The molecule has 0 aromatic carbocycles. The number of aliphatic hydroxyl groups is 1. The van der Waals surface area contributed by atoms with E-state index in [1.54, 1.807) is 0 Å². The second-order valence-corrected chi connectivity index (χ2v) is 3.12. The van der Waals surface area contributed by atoms with Crippen molar-refractivity contribution in [1.29, 1.82) is 0 Å². The summed E-state index contributed by atoms with van der Waals surface area (Å²) in [6, 6.07) is 0.434. The van der Waals surface area contributed by atoms with E-state index in [0.717, 1.165) is 19.6 Å². The van der Waals surface area contributed by atoms with Gasteiger partial charge in [-0.05, 0) is 26.4 Å². The van der Waals surface area contributed by atoms with Gasteiger partial charge in [0.25, 0.3) is 0 Å². The van der Waals surface area contributed by atoms with Crippen molar-refractivity contribution < 1.29 is 5.11 Å². The van der Waals surface area contributed by atoms with Crippen molar-refractivity contribution in [3.63, 3.8) is 0 Å². The number of likely N-dealkylation sites (tertiary alicyclic amines) is 1. The largest absolute Gasteiger partial charge is 0.395 e. The van der Waals surface area contributed by atoms with Crippen LogP contribution in [-0.4, -0.2) is 49.3 Å². The van der Waals surface area contributed by atoms with Crippen LogP contribution in [0.5, 0.6) is 0 Å². The summed E-state index contributed by atoms with van der Waals surface area (Å²) in [4.78, 5) is 2.36. The maximum absolute atomic E-state index is 8.97. The molecule has 0 aromatic heterocycles. The van der Waals surface area contributed by atoms with Crippen LogP contribution in [0.2, 0.25) is 0 Å². The molecule has 0 bridgehead atoms. The molecule has 0 unspecified atom stereocenters. The van der Waals surface area contributed by atoms with Gasteiger partial charge in [-0.1, -0.05) is 0 Å². The molecule has 1 aliphatic heterocycles. The Bertz CT molecular complexity index is 108. The van der Waals surface area contributed by atoms with Crippen molar-refractivity contribution in [2.75, 3.05) is 33.3 Å². The Labute approximate surface area is 68.4 Å². The first-order chi connectivity index (χ1) is 5.38. The molecule has 1 saturated heterocycles. The van der Waals surface area contributed by atoms with Gasteiger partial charge in [0.15, 0.2) is 0 Å². The van der Waals surface area contributed by atoms with Gasteiger partial charge in [0.1, 0.15) is 0 Å². The zero-order valence-corrected chi connectivity index (χ0v) is 7.21. The molecule has 0 spiro atoms. The van der Waals surface area contributed by atoms with Gasteiger partial charge >= 0.3 is 0 Å². The Balaban J connectivity index is 2.20. The van der Waals surface area contributed by atoms with Crippen LogP contribution >= 0.6 is 0 Å². The maximum atomic E-state index is 8.97. The molecule has 3 heteroatoms. The van der Waals surface area contributed by atoms with Crippen LogP contribution in [0.15, 0.2) is 0 Å². The van der Waals surface area contributed by atoms with Gasteiger partial charge in [-0.2, -0.15) is 0 Å². The number of rotatable bonds is 4. The summed E-state index contributed by atoms with van der Waals surface area (Å²) in [5.41, 5.74) is 0. The summed E-state index contributed by atoms with van der Waals surface area (Å²) in [7, 11) is 1.96. The molecule has 1 atom stereocenters. The van der Waals surface area contributed by atoms with Crippen LogP contribution in [0.1, 0.15) is 12.8 Å². The average Bonchev–Trinajstić information content (AvgIpc) is 2.47. The number of hydrogen-bond acceptors (Lipinski definition) is 3. The molecule has 1 fully saturated rings. The molecule has 11 heavy (non-hydrogen) atoms. The van der Waals surface area contributed by atoms with Gasteiger partial charge in [0, 0.05) is 19.1 Å². The van der Waals surface area contributed by atoms with E-state index in [1.807, 2.05) is 7.05 Å². The van der Waals surface area contributed by atoms with E-state index in [1.165, 1.54) is 12.8 Å². The van der Waals surface area contributed by atoms with Gasteiger partial charge < -0.3 is 10.4 Å². The van der Waals surface area contributed by atoms with Crippen molar-refractivity contribution in [3.8, 4) is 0 Å². The molecule has 0 aromatic rings. The SMILES string of the molecule is CNCCN1CCC[C@@H]1CO. The van der Waals surface area contributed by atoms with E-state index in [9.17, 15) is 0 Å². The first kappa shape index (κ1) is 8.97. The lowest BCUT2D eigenvalue weighted by Crippen LogP contribution is -2.36. The number of nitrogens with zero attached hydrogens (tertiary/aromatic N) is 1. The predicted octanol–water partition coefficient (Wildman–Crippen LogP) is -0.338. The second-order valence-electron chi connectivity index (χ2n) is 3.12. The minimum Gasteiger partial charge on any atom is -0.395 e. The van der Waals surface area contributed by atoms with Crippen molar-refractivity contribution in [3.05, 3.63) is 0 Å². The number of likely N-dealkylation sites (N-methyl/N-ethyl adjacent to an activating group) is 1. The molecule has 66 valence electrons. The molecule has 2 N–H and O–H groups in total. The van der Waals surface area contributed by atoms with Crippen LogP contribution < -0.4 is 5.32 Å². The number of hydrogen-bond donors (Lipinski definition) is 2. The van der Waals surface area contributed by atoms with E-state index in [0.29, 0.717) is 12.6 Å². The Hall–Kier alpha value is -0.120. The normalized spacial score (nSPS) is 26.2. The monoisotopic (exact) mass is 158 g/mol. The highest BCUT2D eigenvalue weighted by molar-refractivity contribution is 4.78. The van der Waals surface area contributed by atoms with E-state index in [-0.39, 0.29) is 0 Å². The maximum Gasteiger partial charge on any atom is 0.0586 e. The zero-order valence-electron chi connectivity index (χ0n) is 7.21. The van der Waals surface area contributed by atoms with Crippen LogP contribution in [0, 0.1) is 0 Å². The first-order valence-corrected chi connectivity index (χ1v) is 4.38. The summed E-state index contributed by atoms with van der Waals surface area (Å²) in [5.74, 6) is 0. The second kappa shape index (κ2) is 4.70. The van der Waals surface area contributed by atoms with Crippen LogP contribution in [0.25, 0.3) is 0 Å². The predicted molar refractivity (Wildman–Crippen MR) is 45.6 cm³/mol. The zero-order chi connectivity index (χ0) is 8.10. The van der Waals surface area contributed by atoms with E-state index in [2.05, 4.69) is 10.2 Å². The molecule has 0 aliphatic carbocycles. The Morgan fingerprint density at radius 3 is 3.09 bits per heavy atom. The molecular weight excluding hydrogens is 140 g/mol. The summed E-state index contributed by atoms with van der Waals surface area (Å²) in [6.07, 6.45) is 2.41.